The first kappa shape index (κ1) is 18.5. The third kappa shape index (κ3) is 3.58. The molecule has 0 radical (unpaired) electrons. The van der Waals surface area contributed by atoms with Crippen molar-refractivity contribution in [1.82, 2.24) is 20.0 Å². The van der Waals surface area contributed by atoms with Crippen LogP contribution < -0.4 is 0 Å². The number of amides is 1. The van der Waals surface area contributed by atoms with Crippen molar-refractivity contribution < 1.29 is 26.9 Å². The van der Waals surface area contributed by atoms with Crippen molar-refractivity contribution >= 4 is 16.9 Å². The van der Waals surface area contributed by atoms with E-state index in [0.717, 1.165) is 6.20 Å². The lowest BCUT2D eigenvalue weighted by molar-refractivity contribution is -0.141. The molecular weight excluding hydrogens is 380 g/mol. The highest BCUT2D eigenvalue weighted by molar-refractivity contribution is 5.86. The number of nitrogens with one attached hydrogen (secondary N) is 1. The van der Waals surface area contributed by atoms with Gasteiger partial charge in [0.2, 0.25) is 5.91 Å². The maximum absolute atomic E-state index is 13.5. The van der Waals surface area contributed by atoms with Crippen LogP contribution in [0.1, 0.15) is 36.0 Å². The van der Waals surface area contributed by atoms with E-state index in [1.165, 1.54) is 18.2 Å². The van der Waals surface area contributed by atoms with Gasteiger partial charge < -0.3 is 14.4 Å². The molecule has 1 aliphatic rings. The van der Waals surface area contributed by atoms with Crippen molar-refractivity contribution in [3.63, 3.8) is 0 Å². The molecule has 0 unspecified atom stereocenters. The van der Waals surface area contributed by atoms with Gasteiger partial charge in [-0.1, -0.05) is 5.16 Å². The van der Waals surface area contributed by atoms with Crippen LogP contribution in [0.25, 0.3) is 11.0 Å². The van der Waals surface area contributed by atoms with Gasteiger partial charge in [-0.05, 0) is 31.0 Å². The van der Waals surface area contributed by atoms with Crippen LogP contribution in [-0.2, 0) is 17.4 Å². The Balaban J connectivity index is 1.47. The first-order chi connectivity index (χ1) is 13.3. The number of aromatic amines is 1. The van der Waals surface area contributed by atoms with Crippen molar-refractivity contribution in [1.29, 1.82) is 0 Å². The van der Waals surface area contributed by atoms with E-state index in [9.17, 15) is 22.4 Å². The number of aromatic nitrogens is 3. The molecule has 0 spiro atoms. The van der Waals surface area contributed by atoms with Crippen molar-refractivity contribution in [3.05, 3.63) is 47.4 Å². The maximum Gasteiger partial charge on any atom is 0.432 e. The van der Waals surface area contributed by atoms with E-state index in [1.54, 1.807) is 4.90 Å². The summed E-state index contributed by atoms with van der Waals surface area (Å²) in [5.74, 6) is -0.786. The normalized spacial score (nSPS) is 18.0. The quantitative estimate of drug-likeness (QED) is 0.686. The van der Waals surface area contributed by atoms with Crippen LogP contribution in [0, 0.1) is 5.82 Å². The second kappa shape index (κ2) is 6.92. The number of carbonyl (C=O) groups is 1. The SMILES string of the molecule is O=C(Cc1noc2ccc(F)cc12)N1CCC[C@H](c2ncc(C(F)(F)F)[nH]2)C1. The fourth-order valence-corrected chi connectivity index (χ4v) is 3.46. The average Bonchev–Trinajstić information content (AvgIpc) is 3.29. The van der Waals surface area contributed by atoms with Gasteiger partial charge >= 0.3 is 6.18 Å². The van der Waals surface area contributed by atoms with Gasteiger partial charge in [0.25, 0.3) is 0 Å². The summed E-state index contributed by atoms with van der Waals surface area (Å²) in [5.41, 5.74) is -0.183. The van der Waals surface area contributed by atoms with Crippen molar-refractivity contribution in [2.45, 2.75) is 31.4 Å². The molecule has 0 saturated carbocycles. The molecule has 1 saturated heterocycles. The molecule has 1 fully saturated rings. The second-order valence-electron chi connectivity index (χ2n) is 6.81. The summed E-state index contributed by atoms with van der Waals surface area (Å²) in [4.78, 5) is 20.4. The minimum Gasteiger partial charge on any atom is -0.356 e. The second-order valence-corrected chi connectivity index (χ2v) is 6.81. The predicted molar refractivity (Wildman–Crippen MR) is 89.8 cm³/mol. The van der Waals surface area contributed by atoms with Gasteiger partial charge in [0.1, 0.15) is 23.0 Å². The number of imidazole rings is 1. The number of carbonyl (C=O) groups excluding carboxylic acids is 1. The fraction of sp³-hybridized carbons (Fsp3) is 0.389. The summed E-state index contributed by atoms with van der Waals surface area (Å²) in [6.45, 7) is 0.750. The van der Waals surface area contributed by atoms with Crippen LogP contribution in [0.15, 0.2) is 28.9 Å². The minimum absolute atomic E-state index is 0.0743. The van der Waals surface area contributed by atoms with Gasteiger partial charge in [-0.15, -0.1) is 0 Å². The lowest BCUT2D eigenvalue weighted by Crippen LogP contribution is -2.40. The Labute approximate surface area is 156 Å². The number of rotatable bonds is 3. The fourth-order valence-electron chi connectivity index (χ4n) is 3.46. The van der Waals surface area contributed by atoms with E-state index in [4.69, 9.17) is 4.52 Å². The molecule has 1 N–H and O–H groups in total. The number of H-pyrrole nitrogens is 1. The number of fused-ring (bicyclic) bond motifs is 1. The number of alkyl halides is 3. The summed E-state index contributed by atoms with van der Waals surface area (Å²) in [5, 5.41) is 4.28. The molecule has 0 bridgehead atoms. The van der Waals surface area contributed by atoms with Crippen molar-refractivity contribution in [3.8, 4) is 0 Å². The van der Waals surface area contributed by atoms with Crippen molar-refractivity contribution in [2.24, 2.45) is 0 Å². The van der Waals surface area contributed by atoms with Crippen LogP contribution in [-0.4, -0.2) is 39.0 Å². The number of nitrogens with zero attached hydrogens (tertiary/aromatic N) is 3. The van der Waals surface area contributed by atoms with Gasteiger partial charge in [0, 0.05) is 24.4 Å². The Morgan fingerprint density at radius 2 is 2.18 bits per heavy atom. The summed E-state index contributed by atoms with van der Waals surface area (Å²) in [7, 11) is 0. The lowest BCUT2D eigenvalue weighted by atomic mass is 9.97. The van der Waals surface area contributed by atoms with Gasteiger partial charge in [-0.3, -0.25) is 4.79 Å². The summed E-state index contributed by atoms with van der Waals surface area (Å²) >= 11 is 0. The Morgan fingerprint density at radius 1 is 1.36 bits per heavy atom. The molecule has 148 valence electrons. The summed E-state index contributed by atoms with van der Waals surface area (Å²) < 4.78 is 56.9. The predicted octanol–water partition coefficient (Wildman–Crippen LogP) is 3.66. The minimum atomic E-state index is -4.49. The Morgan fingerprint density at radius 3 is 2.93 bits per heavy atom. The highest BCUT2D eigenvalue weighted by Crippen LogP contribution is 2.31. The van der Waals surface area contributed by atoms with Crippen molar-refractivity contribution in [2.75, 3.05) is 13.1 Å². The third-order valence-electron chi connectivity index (χ3n) is 4.89. The number of likely N-dealkylation sites (tertiary alicyclic amines) is 1. The highest BCUT2D eigenvalue weighted by atomic mass is 19.4. The first-order valence-electron chi connectivity index (χ1n) is 8.75. The largest absolute Gasteiger partial charge is 0.432 e. The Kier molecular flexibility index (Phi) is 4.56. The third-order valence-corrected chi connectivity index (χ3v) is 4.89. The van der Waals surface area contributed by atoms with Gasteiger partial charge in [0.05, 0.1) is 12.6 Å². The van der Waals surface area contributed by atoms with Gasteiger partial charge in [0.15, 0.2) is 5.58 Å². The molecule has 4 rings (SSSR count). The molecule has 0 aliphatic carbocycles. The zero-order valence-electron chi connectivity index (χ0n) is 14.6. The van der Waals surface area contributed by atoms with E-state index in [2.05, 4.69) is 15.1 Å². The van der Waals surface area contributed by atoms with Crippen LogP contribution >= 0.6 is 0 Å². The topological polar surface area (TPSA) is 75.0 Å². The number of halogens is 4. The number of benzene rings is 1. The molecule has 6 nitrogen and oxygen atoms in total. The smallest absolute Gasteiger partial charge is 0.356 e. The van der Waals surface area contributed by atoms with Crippen LogP contribution in [0.2, 0.25) is 0 Å². The molecule has 1 aliphatic heterocycles. The van der Waals surface area contributed by atoms with E-state index in [-0.39, 0.29) is 30.6 Å². The molecule has 2 aromatic heterocycles. The lowest BCUT2D eigenvalue weighted by Gasteiger charge is -2.31. The molecule has 3 aromatic rings. The highest BCUT2D eigenvalue weighted by Gasteiger charge is 2.35. The number of piperidine rings is 1. The van der Waals surface area contributed by atoms with E-state index >= 15 is 0 Å². The molecule has 10 heteroatoms. The molecule has 1 aromatic carbocycles. The standard InChI is InChI=1S/C18H16F4N4O2/c19-11-3-4-14-12(6-11)13(25-28-14)7-16(27)26-5-1-2-10(9-26)17-23-8-15(24-17)18(20,21)22/h3-4,6,8,10H,1-2,5,7,9H2,(H,23,24)/t10-/m0/s1. The van der Waals surface area contributed by atoms with Crippen LogP contribution in [0.5, 0.6) is 0 Å². The Bertz CT molecular complexity index is 1010. The van der Waals surface area contributed by atoms with E-state index in [1.807, 2.05) is 0 Å². The van der Waals surface area contributed by atoms with Gasteiger partial charge in [-0.25, -0.2) is 9.37 Å². The average molecular weight is 396 g/mol. The molecular formula is C18H16F4N4O2. The molecule has 1 amide bonds. The molecule has 3 heterocycles. The molecule has 1 atom stereocenters. The van der Waals surface area contributed by atoms with E-state index in [0.29, 0.717) is 36.0 Å². The van der Waals surface area contributed by atoms with E-state index < -0.39 is 17.7 Å². The zero-order chi connectivity index (χ0) is 19.9. The summed E-state index contributed by atoms with van der Waals surface area (Å²) in [6, 6.07) is 3.94. The van der Waals surface area contributed by atoms with Gasteiger partial charge in [-0.2, -0.15) is 13.2 Å². The first-order valence-corrected chi connectivity index (χ1v) is 8.75. The summed E-state index contributed by atoms with van der Waals surface area (Å²) in [6.07, 6.45) is -2.51. The Hall–Kier alpha value is -2.91. The van der Waals surface area contributed by atoms with Crippen LogP contribution in [0.4, 0.5) is 17.6 Å². The number of hydrogen-bond acceptors (Lipinski definition) is 4. The molecule has 28 heavy (non-hydrogen) atoms. The number of hydrogen-bond donors (Lipinski definition) is 1. The zero-order valence-corrected chi connectivity index (χ0v) is 14.6. The maximum atomic E-state index is 13.5. The monoisotopic (exact) mass is 396 g/mol. The van der Waals surface area contributed by atoms with Crippen LogP contribution in [0.3, 0.4) is 0 Å².